The fourth-order valence-corrected chi connectivity index (χ4v) is 5.62. The van der Waals surface area contributed by atoms with Crippen LogP contribution in [0.4, 0.5) is 5.82 Å². The second kappa shape index (κ2) is 10.5. The lowest BCUT2D eigenvalue weighted by Gasteiger charge is -2.49. The summed E-state index contributed by atoms with van der Waals surface area (Å²) in [7, 11) is 2.09. The zero-order valence-electron chi connectivity index (χ0n) is 22.9. The van der Waals surface area contributed by atoms with Crippen LogP contribution in [-0.2, 0) is 3.07 Å². The SMILES string of the molecule is CN(c1ccc(-c2cc3ccc(OCCC(C)(C)OI)cc3cc2O)nn1)C1CC(C)(C)NC(C)(C)C1. The third kappa shape index (κ3) is 6.83. The van der Waals surface area contributed by atoms with E-state index in [0.717, 1.165) is 41.6 Å². The Hall–Kier alpha value is -2.17. The van der Waals surface area contributed by atoms with Gasteiger partial charge in [0.05, 0.1) is 17.9 Å². The quantitative estimate of drug-likeness (QED) is 0.274. The molecule has 3 aromatic rings. The topological polar surface area (TPSA) is 79.7 Å². The minimum absolute atomic E-state index is 0.0516. The van der Waals surface area contributed by atoms with Crippen LogP contribution in [0.2, 0.25) is 0 Å². The molecular weight excluding hydrogens is 579 g/mol. The molecule has 1 aliphatic heterocycles. The van der Waals surface area contributed by atoms with Gasteiger partial charge in [0.1, 0.15) is 34.5 Å². The maximum absolute atomic E-state index is 10.8. The number of aromatic hydroxyl groups is 1. The Bertz CT molecular complexity index is 1230. The number of nitrogens with zero attached hydrogens (tertiary/aromatic N) is 3. The molecule has 0 bridgehead atoms. The van der Waals surface area contributed by atoms with Crippen molar-refractivity contribution in [1.29, 1.82) is 0 Å². The van der Waals surface area contributed by atoms with Crippen LogP contribution in [0.1, 0.15) is 60.8 Å². The van der Waals surface area contributed by atoms with Crippen LogP contribution in [0.15, 0.2) is 42.5 Å². The smallest absolute Gasteiger partial charge is 0.151 e. The van der Waals surface area contributed by atoms with Crippen molar-refractivity contribution in [2.45, 2.75) is 83.5 Å². The number of rotatable bonds is 8. The highest BCUT2D eigenvalue weighted by atomic mass is 127. The van der Waals surface area contributed by atoms with E-state index in [9.17, 15) is 5.11 Å². The van der Waals surface area contributed by atoms with Crippen LogP contribution >= 0.6 is 23.0 Å². The van der Waals surface area contributed by atoms with Crippen LogP contribution in [0.25, 0.3) is 22.0 Å². The summed E-state index contributed by atoms with van der Waals surface area (Å²) in [5.41, 5.74) is 1.17. The van der Waals surface area contributed by atoms with Crippen LogP contribution in [0, 0.1) is 0 Å². The first-order valence-electron chi connectivity index (χ1n) is 12.8. The Kier molecular flexibility index (Phi) is 7.93. The molecule has 1 aliphatic rings. The molecule has 8 heteroatoms. The van der Waals surface area contributed by atoms with Gasteiger partial charge >= 0.3 is 0 Å². The lowest BCUT2D eigenvalue weighted by molar-refractivity contribution is 0.131. The van der Waals surface area contributed by atoms with Crippen LogP contribution in [0.5, 0.6) is 11.5 Å². The number of piperidine rings is 1. The number of fused-ring (bicyclic) bond motifs is 1. The van der Waals surface area contributed by atoms with Crippen molar-refractivity contribution in [3.8, 4) is 22.8 Å². The first-order chi connectivity index (χ1) is 17.3. The molecule has 1 fully saturated rings. The van der Waals surface area contributed by atoms with E-state index in [1.165, 1.54) is 0 Å². The van der Waals surface area contributed by atoms with Crippen LogP contribution in [0.3, 0.4) is 0 Å². The number of nitrogens with one attached hydrogen (secondary N) is 1. The molecule has 7 nitrogen and oxygen atoms in total. The Balaban J connectivity index is 1.50. The number of hydrogen-bond donors (Lipinski definition) is 2. The number of benzene rings is 2. The highest BCUT2D eigenvalue weighted by molar-refractivity contribution is 14.1. The minimum Gasteiger partial charge on any atom is -0.507 e. The van der Waals surface area contributed by atoms with Gasteiger partial charge in [-0.1, -0.05) is 6.07 Å². The number of ether oxygens (including phenoxy) is 1. The van der Waals surface area contributed by atoms with Gasteiger partial charge in [-0.05, 0) is 102 Å². The second-order valence-corrected chi connectivity index (χ2v) is 12.6. The molecule has 0 aliphatic carbocycles. The third-order valence-corrected chi connectivity index (χ3v) is 8.30. The predicted octanol–water partition coefficient (Wildman–Crippen LogP) is 6.66. The van der Waals surface area contributed by atoms with Crippen molar-refractivity contribution in [2.24, 2.45) is 0 Å². The van der Waals surface area contributed by atoms with Gasteiger partial charge in [-0.25, -0.2) is 0 Å². The van der Waals surface area contributed by atoms with Crippen molar-refractivity contribution in [1.82, 2.24) is 15.5 Å². The number of halogens is 1. The van der Waals surface area contributed by atoms with E-state index in [0.29, 0.717) is 23.9 Å². The predicted molar refractivity (Wildman–Crippen MR) is 159 cm³/mol. The average molecular weight is 619 g/mol. The molecule has 0 atom stereocenters. The first-order valence-corrected chi connectivity index (χ1v) is 13.7. The summed E-state index contributed by atoms with van der Waals surface area (Å²) in [6, 6.07) is 13.9. The van der Waals surface area contributed by atoms with Crippen molar-refractivity contribution in [3.05, 3.63) is 42.5 Å². The molecule has 2 N–H and O–H groups in total. The zero-order chi connectivity index (χ0) is 27.0. The molecule has 0 amide bonds. The molecule has 0 radical (unpaired) electrons. The molecule has 200 valence electrons. The maximum Gasteiger partial charge on any atom is 0.151 e. The molecule has 2 heterocycles. The zero-order valence-corrected chi connectivity index (χ0v) is 25.1. The molecule has 37 heavy (non-hydrogen) atoms. The summed E-state index contributed by atoms with van der Waals surface area (Å²) < 4.78 is 11.3. The third-order valence-electron chi connectivity index (χ3n) is 7.11. The summed E-state index contributed by atoms with van der Waals surface area (Å²) in [5.74, 6) is 1.77. The van der Waals surface area contributed by atoms with Gasteiger partial charge in [-0.3, -0.25) is 0 Å². The van der Waals surface area contributed by atoms with Crippen molar-refractivity contribution in [2.75, 3.05) is 18.6 Å². The second-order valence-electron chi connectivity index (χ2n) is 12.2. The van der Waals surface area contributed by atoms with E-state index in [4.69, 9.17) is 7.80 Å². The summed E-state index contributed by atoms with van der Waals surface area (Å²) in [6.07, 6.45) is 2.82. The molecule has 0 saturated carbocycles. The molecule has 2 aromatic carbocycles. The Morgan fingerprint density at radius 1 is 1.03 bits per heavy atom. The van der Waals surface area contributed by atoms with Gasteiger partial charge in [0.15, 0.2) is 5.82 Å². The number of phenolic OH excluding ortho intramolecular Hbond substituents is 1. The van der Waals surface area contributed by atoms with Crippen molar-refractivity contribution < 1.29 is 12.9 Å². The lowest BCUT2D eigenvalue weighted by Crippen LogP contribution is -2.62. The van der Waals surface area contributed by atoms with Gasteiger partial charge in [0.2, 0.25) is 0 Å². The van der Waals surface area contributed by atoms with Crippen LogP contribution in [-0.4, -0.2) is 51.7 Å². The largest absolute Gasteiger partial charge is 0.507 e. The lowest BCUT2D eigenvalue weighted by atomic mass is 9.79. The Labute approximate surface area is 234 Å². The van der Waals surface area contributed by atoms with E-state index in [1.54, 1.807) is 6.07 Å². The maximum atomic E-state index is 10.8. The fraction of sp³-hybridized carbons (Fsp3) is 0.517. The van der Waals surface area contributed by atoms with Gasteiger partial charge in [0, 0.05) is 36.2 Å². The fourth-order valence-electron chi connectivity index (χ4n) is 5.40. The average Bonchev–Trinajstić information content (AvgIpc) is 2.81. The van der Waals surface area contributed by atoms with E-state index < -0.39 is 0 Å². The van der Waals surface area contributed by atoms with Crippen molar-refractivity contribution in [3.63, 3.8) is 0 Å². The molecule has 1 saturated heterocycles. The van der Waals surface area contributed by atoms with E-state index in [-0.39, 0.29) is 22.4 Å². The highest BCUT2D eigenvalue weighted by Crippen LogP contribution is 2.36. The van der Waals surface area contributed by atoms with Gasteiger partial charge in [0.25, 0.3) is 0 Å². The Morgan fingerprint density at radius 3 is 2.35 bits per heavy atom. The number of aromatic nitrogens is 2. The monoisotopic (exact) mass is 618 g/mol. The summed E-state index contributed by atoms with van der Waals surface area (Å²) in [5, 5.41) is 25.5. The van der Waals surface area contributed by atoms with E-state index >= 15 is 0 Å². The van der Waals surface area contributed by atoms with Gasteiger partial charge < -0.3 is 23.1 Å². The number of phenols is 1. The first kappa shape index (κ1) is 27.9. The number of hydrogen-bond acceptors (Lipinski definition) is 7. The minimum atomic E-state index is -0.239. The summed E-state index contributed by atoms with van der Waals surface area (Å²) in [6.45, 7) is 13.6. The Morgan fingerprint density at radius 2 is 1.73 bits per heavy atom. The standard InChI is InChI=1S/C29H39IN4O3/c1-27(2)17-21(18-28(3,4)33-27)34(7)26-11-10-24(31-32-26)23-15-19-8-9-22(14-20(19)16-25(23)35)36-13-12-29(5,6)37-30/h8-11,14-16,21,33,35H,12-13,17-18H2,1-7H3. The van der Waals surface area contributed by atoms with Crippen molar-refractivity contribution >= 4 is 39.6 Å². The highest BCUT2D eigenvalue weighted by Gasteiger charge is 2.39. The molecular formula is C29H39IN4O3. The molecule has 0 spiro atoms. The van der Waals surface area contributed by atoms with E-state index in [1.807, 2.05) is 73.3 Å². The number of anilines is 1. The summed E-state index contributed by atoms with van der Waals surface area (Å²) >= 11 is 1.93. The van der Waals surface area contributed by atoms with Gasteiger partial charge in [-0.2, -0.15) is 0 Å². The molecule has 4 rings (SSSR count). The molecule has 1 aromatic heterocycles. The summed E-state index contributed by atoms with van der Waals surface area (Å²) in [4.78, 5) is 2.23. The van der Waals surface area contributed by atoms with E-state index in [2.05, 4.69) is 55.2 Å². The van der Waals surface area contributed by atoms with Crippen LogP contribution < -0.4 is 15.0 Å². The normalized spacial score (nSPS) is 17.6. The van der Waals surface area contributed by atoms with Gasteiger partial charge in [-0.15, -0.1) is 10.2 Å². The molecule has 0 unspecified atom stereocenters.